The van der Waals surface area contributed by atoms with Gasteiger partial charge in [-0.15, -0.1) is 0 Å². The Labute approximate surface area is 74.2 Å². The lowest BCUT2D eigenvalue weighted by molar-refractivity contribution is -0.143. The van der Waals surface area contributed by atoms with Crippen LogP contribution in [0.25, 0.3) is 0 Å². The highest BCUT2D eigenvalue weighted by molar-refractivity contribution is 7.80. The van der Waals surface area contributed by atoms with Crippen LogP contribution < -0.4 is 0 Å². The SMILES string of the molecule is OC(=S)[C@H]1O[CH][C@H](O)[C@@H](O)[C@@H]1O. The highest BCUT2D eigenvalue weighted by Gasteiger charge is 2.39. The Morgan fingerprint density at radius 1 is 1.25 bits per heavy atom. The first-order chi connectivity index (χ1) is 5.54. The molecule has 4 atom stereocenters. The molecule has 6 heteroatoms. The fraction of sp³-hybridized carbons (Fsp3) is 0.667. The zero-order valence-corrected chi connectivity index (χ0v) is 6.81. The summed E-state index contributed by atoms with van der Waals surface area (Å²) in [6, 6.07) is 0. The molecule has 0 saturated carbocycles. The van der Waals surface area contributed by atoms with Gasteiger partial charge in [0.2, 0.25) is 0 Å². The molecule has 69 valence electrons. The summed E-state index contributed by atoms with van der Waals surface area (Å²) in [5, 5.41) is 35.4. The van der Waals surface area contributed by atoms with Gasteiger partial charge in [0.05, 0.1) is 0 Å². The van der Waals surface area contributed by atoms with Crippen LogP contribution in [0, 0.1) is 6.61 Å². The smallest absolute Gasteiger partial charge is 0.189 e. The van der Waals surface area contributed by atoms with Gasteiger partial charge in [0.15, 0.2) is 11.2 Å². The summed E-state index contributed by atoms with van der Waals surface area (Å²) in [7, 11) is 0. The molecule has 1 aliphatic rings. The Bertz CT molecular complexity index is 185. The van der Waals surface area contributed by atoms with Crippen molar-refractivity contribution in [3.8, 4) is 0 Å². The molecule has 0 aromatic heterocycles. The van der Waals surface area contributed by atoms with Crippen LogP contribution in [0.4, 0.5) is 0 Å². The molecule has 0 aromatic rings. The average molecular weight is 193 g/mol. The van der Waals surface area contributed by atoms with Crippen molar-refractivity contribution in [2.24, 2.45) is 0 Å². The van der Waals surface area contributed by atoms with Crippen LogP contribution in [0.2, 0.25) is 0 Å². The average Bonchev–Trinajstić information content (AvgIpc) is 2.00. The minimum Gasteiger partial charge on any atom is -0.500 e. The molecule has 0 spiro atoms. The molecule has 1 aliphatic heterocycles. The minimum atomic E-state index is -1.40. The number of aliphatic hydroxyl groups excluding tert-OH is 4. The largest absolute Gasteiger partial charge is 0.500 e. The van der Waals surface area contributed by atoms with Crippen LogP contribution in [-0.2, 0) is 4.74 Å². The third-order valence-electron chi connectivity index (χ3n) is 1.62. The lowest BCUT2D eigenvalue weighted by Gasteiger charge is -2.33. The second kappa shape index (κ2) is 3.63. The van der Waals surface area contributed by atoms with Crippen molar-refractivity contribution in [3.63, 3.8) is 0 Å². The van der Waals surface area contributed by atoms with E-state index in [-0.39, 0.29) is 0 Å². The van der Waals surface area contributed by atoms with Crippen LogP contribution in [0.5, 0.6) is 0 Å². The third kappa shape index (κ3) is 1.73. The van der Waals surface area contributed by atoms with Crippen molar-refractivity contribution in [2.75, 3.05) is 0 Å². The highest BCUT2D eigenvalue weighted by Crippen LogP contribution is 2.18. The van der Waals surface area contributed by atoms with E-state index in [0.29, 0.717) is 0 Å². The lowest BCUT2D eigenvalue weighted by Crippen LogP contribution is -2.53. The van der Waals surface area contributed by atoms with Crippen molar-refractivity contribution in [2.45, 2.75) is 24.4 Å². The van der Waals surface area contributed by atoms with Crippen LogP contribution >= 0.6 is 12.2 Å². The maximum atomic E-state index is 9.18. The molecule has 12 heavy (non-hydrogen) atoms. The molecule has 0 aliphatic carbocycles. The molecule has 1 rings (SSSR count). The van der Waals surface area contributed by atoms with E-state index in [1.165, 1.54) is 0 Å². The maximum absolute atomic E-state index is 9.18. The van der Waals surface area contributed by atoms with E-state index < -0.39 is 29.5 Å². The second-order valence-electron chi connectivity index (χ2n) is 2.50. The molecule has 0 bridgehead atoms. The maximum Gasteiger partial charge on any atom is 0.189 e. The van der Waals surface area contributed by atoms with Crippen LogP contribution in [0.15, 0.2) is 0 Å². The third-order valence-corrected chi connectivity index (χ3v) is 1.85. The van der Waals surface area contributed by atoms with Gasteiger partial charge in [-0.3, -0.25) is 0 Å². The molecule has 0 amide bonds. The molecule has 1 saturated heterocycles. The van der Waals surface area contributed by atoms with Gasteiger partial charge in [-0.1, -0.05) is 0 Å². The van der Waals surface area contributed by atoms with Gasteiger partial charge in [0, 0.05) is 0 Å². The highest BCUT2D eigenvalue weighted by atomic mass is 32.1. The number of rotatable bonds is 1. The fourth-order valence-electron chi connectivity index (χ4n) is 0.912. The molecule has 0 unspecified atom stereocenters. The summed E-state index contributed by atoms with van der Waals surface area (Å²) in [4.78, 5) is 0. The standard InChI is InChI=1S/C6H9O5S/c7-2-1-11-5(6(10)12)4(9)3(2)8/h1-5,7-9H,(H,10,12)/t2-,3+,4-,5-/m0/s1. The Balaban J connectivity index is 2.65. The quantitative estimate of drug-likeness (QED) is 0.379. The van der Waals surface area contributed by atoms with Crippen molar-refractivity contribution in [3.05, 3.63) is 6.61 Å². The summed E-state index contributed by atoms with van der Waals surface area (Å²) < 4.78 is 4.66. The fourth-order valence-corrected chi connectivity index (χ4v) is 1.11. The zero-order valence-electron chi connectivity index (χ0n) is 5.99. The molecular weight excluding hydrogens is 184 g/mol. The van der Waals surface area contributed by atoms with E-state index in [4.69, 9.17) is 15.3 Å². The molecule has 4 N–H and O–H groups in total. The monoisotopic (exact) mass is 193 g/mol. The van der Waals surface area contributed by atoms with Crippen LogP contribution in [-0.4, -0.2) is 49.9 Å². The van der Waals surface area contributed by atoms with Crippen molar-refractivity contribution >= 4 is 17.3 Å². The Kier molecular flexibility index (Phi) is 2.97. The van der Waals surface area contributed by atoms with E-state index in [1.54, 1.807) is 0 Å². The van der Waals surface area contributed by atoms with Crippen LogP contribution in [0.3, 0.4) is 0 Å². The lowest BCUT2D eigenvalue weighted by atomic mass is 10.0. The topological polar surface area (TPSA) is 90.2 Å². The van der Waals surface area contributed by atoms with E-state index in [2.05, 4.69) is 17.0 Å². The summed E-state index contributed by atoms with van der Waals surface area (Å²) >= 11 is 4.34. The van der Waals surface area contributed by atoms with Crippen molar-refractivity contribution < 1.29 is 25.2 Å². The summed E-state index contributed by atoms with van der Waals surface area (Å²) in [5.74, 6) is 0. The van der Waals surface area contributed by atoms with Crippen molar-refractivity contribution in [1.82, 2.24) is 0 Å². The molecular formula is C6H9O5S. The first-order valence-electron chi connectivity index (χ1n) is 3.30. The van der Waals surface area contributed by atoms with Gasteiger partial charge in [0.25, 0.3) is 0 Å². The van der Waals surface area contributed by atoms with Crippen molar-refractivity contribution in [1.29, 1.82) is 0 Å². The number of thiocarbonyl (C=S) groups is 1. The molecule has 1 heterocycles. The van der Waals surface area contributed by atoms with Gasteiger partial charge < -0.3 is 25.2 Å². The number of ether oxygens (including phenoxy) is 1. The Morgan fingerprint density at radius 2 is 1.83 bits per heavy atom. The number of hydrogen-bond donors (Lipinski definition) is 4. The number of hydrogen-bond acceptors (Lipinski definition) is 5. The predicted octanol–water partition coefficient (Wildman–Crippen LogP) is -1.48. The molecule has 5 nitrogen and oxygen atoms in total. The molecule has 1 radical (unpaired) electrons. The summed E-state index contributed by atoms with van der Waals surface area (Å²) in [6.07, 6.45) is -5.18. The Hall–Kier alpha value is -0.270. The number of aliphatic hydroxyl groups is 4. The predicted molar refractivity (Wildman–Crippen MR) is 42.4 cm³/mol. The van der Waals surface area contributed by atoms with Gasteiger partial charge in [-0.2, -0.15) is 0 Å². The molecule has 1 fully saturated rings. The first kappa shape index (κ1) is 9.82. The van der Waals surface area contributed by atoms with Gasteiger partial charge in [-0.05, 0) is 12.2 Å². The summed E-state index contributed by atoms with van der Waals surface area (Å²) in [5.41, 5.74) is 0. The van der Waals surface area contributed by atoms with Gasteiger partial charge >= 0.3 is 0 Å². The van der Waals surface area contributed by atoms with E-state index in [1.807, 2.05) is 0 Å². The van der Waals surface area contributed by atoms with Crippen LogP contribution in [0.1, 0.15) is 0 Å². The van der Waals surface area contributed by atoms with E-state index in [0.717, 1.165) is 6.61 Å². The zero-order chi connectivity index (χ0) is 9.30. The van der Waals surface area contributed by atoms with Gasteiger partial charge in [0.1, 0.15) is 24.9 Å². The summed E-state index contributed by atoms with van der Waals surface area (Å²) in [6.45, 7) is 0.921. The van der Waals surface area contributed by atoms with E-state index in [9.17, 15) is 5.11 Å². The van der Waals surface area contributed by atoms with E-state index >= 15 is 0 Å². The second-order valence-corrected chi connectivity index (χ2v) is 2.92. The first-order valence-corrected chi connectivity index (χ1v) is 3.70. The van der Waals surface area contributed by atoms with Gasteiger partial charge in [-0.25, -0.2) is 0 Å². The minimum absolute atomic E-state index is 0.551. The Morgan fingerprint density at radius 3 is 2.33 bits per heavy atom. The normalized spacial score (nSPS) is 42.6. The molecule has 0 aromatic carbocycles.